The molecule has 0 amide bonds. The molecular weight excluding hydrogens is 420 g/mol. The number of benzene rings is 3. The first-order chi connectivity index (χ1) is 16.6. The van der Waals surface area contributed by atoms with Crippen LogP contribution in [0.2, 0.25) is 0 Å². The molecule has 0 heterocycles. The molecule has 0 aromatic heterocycles. The van der Waals surface area contributed by atoms with Crippen LogP contribution in [0.15, 0.2) is 66.7 Å². The van der Waals surface area contributed by atoms with E-state index in [0.717, 1.165) is 37.8 Å². The molecular formula is C30H34N2O2. The third kappa shape index (κ3) is 4.29. The van der Waals surface area contributed by atoms with Gasteiger partial charge in [-0.15, -0.1) is 0 Å². The van der Waals surface area contributed by atoms with Crippen LogP contribution in [0, 0.1) is 11.3 Å². The third-order valence-electron chi connectivity index (χ3n) is 7.18. The van der Waals surface area contributed by atoms with Crippen LogP contribution in [0.25, 0.3) is 11.1 Å². The maximum Gasteiger partial charge on any atom is 0.161 e. The van der Waals surface area contributed by atoms with Gasteiger partial charge in [-0.3, -0.25) is 4.90 Å². The second-order valence-corrected chi connectivity index (χ2v) is 9.17. The van der Waals surface area contributed by atoms with Crippen molar-refractivity contribution < 1.29 is 9.47 Å². The fraction of sp³-hybridized carbons (Fsp3) is 0.367. The highest BCUT2D eigenvalue weighted by Gasteiger charge is 2.34. The molecule has 176 valence electrons. The number of rotatable bonds is 10. The van der Waals surface area contributed by atoms with Crippen LogP contribution in [0.4, 0.5) is 0 Å². The number of ether oxygens (including phenoxy) is 2. The molecule has 0 fully saturated rings. The largest absolute Gasteiger partial charge is 0.493 e. The lowest BCUT2D eigenvalue weighted by Gasteiger charge is -2.30. The summed E-state index contributed by atoms with van der Waals surface area (Å²) in [7, 11) is 5.48. The fourth-order valence-corrected chi connectivity index (χ4v) is 5.51. The van der Waals surface area contributed by atoms with Gasteiger partial charge in [-0.1, -0.05) is 67.9 Å². The predicted octanol–water partition coefficient (Wildman–Crippen LogP) is 6.75. The summed E-state index contributed by atoms with van der Waals surface area (Å²) in [4.78, 5) is 2.44. The maximum atomic E-state index is 10.4. The van der Waals surface area contributed by atoms with Crippen molar-refractivity contribution >= 4 is 0 Å². The summed E-state index contributed by atoms with van der Waals surface area (Å²) in [5, 5.41) is 10.4. The molecule has 34 heavy (non-hydrogen) atoms. The first kappa shape index (κ1) is 23.9. The van der Waals surface area contributed by atoms with Gasteiger partial charge in [0.05, 0.1) is 31.7 Å². The number of methoxy groups -OCH3 is 2. The normalized spacial score (nSPS) is 14.2. The molecule has 1 atom stereocenters. The van der Waals surface area contributed by atoms with Gasteiger partial charge in [0.1, 0.15) is 0 Å². The van der Waals surface area contributed by atoms with Crippen molar-refractivity contribution in [1.82, 2.24) is 4.90 Å². The van der Waals surface area contributed by atoms with E-state index in [0.29, 0.717) is 11.5 Å². The summed E-state index contributed by atoms with van der Waals surface area (Å²) in [6, 6.07) is 26.3. The highest BCUT2D eigenvalue weighted by molar-refractivity contribution is 5.78. The molecule has 0 spiro atoms. The van der Waals surface area contributed by atoms with E-state index in [9.17, 15) is 5.26 Å². The Bertz CT molecular complexity index is 1140. The van der Waals surface area contributed by atoms with Crippen molar-refractivity contribution in [3.63, 3.8) is 0 Å². The van der Waals surface area contributed by atoms with Gasteiger partial charge < -0.3 is 9.47 Å². The number of nitrogens with zero attached hydrogens (tertiary/aromatic N) is 2. The molecule has 4 heteroatoms. The highest BCUT2D eigenvalue weighted by atomic mass is 16.5. The van der Waals surface area contributed by atoms with E-state index >= 15 is 0 Å². The van der Waals surface area contributed by atoms with Crippen molar-refractivity contribution in [2.45, 2.75) is 44.1 Å². The van der Waals surface area contributed by atoms with E-state index in [4.69, 9.17) is 9.47 Å². The van der Waals surface area contributed by atoms with E-state index in [-0.39, 0.29) is 6.04 Å². The minimum absolute atomic E-state index is 0.246. The fourth-order valence-electron chi connectivity index (χ4n) is 5.51. The minimum atomic E-state index is -0.541. The summed E-state index contributed by atoms with van der Waals surface area (Å²) in [5.74, 6) is 1.36. The standard InChI is InChI=1S/C30H34N2O2/c1-5-17-30(21-31,22-15-16-27(33-3)28(20-22)34-4)18-10-19-32(2)29-25-13-8-6-11-23(25)24-12-7-9-14-26(24)29/h6-9,11-16,20,29H,5,10,17-19H2,1-4H3. The third-order valence-corrected chi connectivity index (χ3v) is 7.18. The first-order valence-corrected chi connectivity index (χ1v) is 12.1. The molecule has 4 rings (SSSR count). The Kier molecular flexibility index (Phi) is 7.24. The Hall–Kier alpha value is -3.29. The SMILES string of the molecule is CCCC(C#N)(CCCN(C)C1c2ccccc2-c2ccccc21)c1ccc(OC)c(OC)c1. The molecule has 1 aliphatic carbocycles. The van der Waals surface area contributed by atoms with Gasteiger partial charge in [0.2, 0.25) is 0 Å². The number of nitriles is 1. The summed E-state index contributed by atoms with van der Waals surface area (Å²) in [6.07, 6.45) is 3.49. The molecule has 3 aromatic carbocycles. The van der Waals surface area contributed by atoms with Crippen LogP contribution in [-0.4, -0.2) is 32.7 Å². The zero-order valence-corrected chi connectivity index (χ0v) is 20.7. The van der Waals surface area contributed by atoms with Crippen molar-refractivity contribution in [2.75, 3.05) is 27.8 Å². The average Bonchev–Trinajstić information content (AvgIpc) is 3.22. The van der Waals surface area contributed by atoms with Gasteiger partial charge in [-0.25, -0.2) is 0 Å². The molecule has 0 bridgehead atoms. The Balaban J connectivity index is 1.54. The molecule has 0 saturated carbocycles. The van der Waals surface area contributed by atoms with E-state index in [1.165, 1.54) is 22.3 Å². The Morgan fingerprint density at radius 1 is 0.882 bits per heavy atom. The van der Waals surface area contributed by atoms with Crippen LogP contribution >= 0.6 is 0 Å². The maximum absolute atomic E-state index is 10.4. The smallest absolute Gasteiger partial charge is 0.161 e. The summed E-state index contributed by atoms with van der Waals surface area (Å²) < 4.78 is 10.9. The lowest BCUT2D eigenvalue weighted by atomic mass is 9.74. The number of hydrogen-bond donors (Lipinski definition) is 0. The lowest BCUT2D eigenvalue weighted by Crippen LogP contribution is -2.29. The molecule has 1 unspecified atom stereocenters. The average molecular weight is 455 g/mol. The topological polar surface area (TPSA) is 45.5 Å². The Morgan fingerprint density at radius 2 is 1.50 bits per heavy atom. The van der Waals surface area contributed by atoms with Gasteiger partial charge in [0, 0.05) is 0 Å². The van der Waals surface area contributed by atoms with E-state index in [2.05, 4.69) is 73.5 Å². The van der Waals surface area contributed by atoms with Crippen LogP contribution in [0.5, 0.6) is 11.5 Å². The molecule has 0 aliphatic heterocycles. The van der Waals surface area contributed by atoms with Crippen LogP contribution in [0.1, 0.15) is 55.3 Å². The molecule has 0 N–H and O–H groups in total. The van der Waals surface area contributed by atoms with Gasteiger partial charge in [0.25, 0.3) is 0 Å². The molecule has 3 aromatic rings. The van der Waals surface area contributed by atoms with E-state index in [1.807, 2.05) is 18.2 Å². The van der Waals surface area contributed by atoms with Crippen molar-refractivity contribution in [3.05, 3.63) is 83.4 Å². The van der Waals surface area contributed by atoms with Crippen molar-refractivity contribution in [3.8, 4) is 28.7 Å². The van der Waals surface area contributed by atoms with Gasteiger partial charge >= 0.3 is 0 Å². The van der Waals surface area contributed by atoms with E-state index < -0.39 is 5.41 Å². The highest BCUT2D eigenvalue weighted by Crippen LogP contribution is 2.46. The summed E-state index contributed by atoms with van der Waals surface area (Å²) in [6.45, 7) is 3.05. The summed E-state index contributed by atoms with van der Waals surface area (Å²) in [5.41, 5.74) is 5.86. The monoisotopic (exact) mass is 454 g/mol. The zero-order chi connectivity index (χ0) is 24.1. The first-order valence-electron chi connectivity index (χ1n) is 12.1. The van der Waals surface area contributed by atoms with Crippen LogP contribution in [-0.2, 0) is 5.41 Å². The summed E-state index contributed by atoms with van der Waals surface area (Å²) >= 11 is 0. The second-order valence-electron chi connectivity index (χ2n) is 9.17. The minimum Gasteiger partial charge on any atom is -0.493 e. The quantitative estimate of drug-likeness (QED) is 0.340. The number of hydrogen-bond acceptors (Lipinski definition) is 4. The van der Waals surface area contributed by atoms with Crippen LogP contribution in [0.3, 0.4) is 0 Å². The Labute approximate surface area is 203 Å². The van der Waals surface area contributed by atoms with Gasteiger partial charge in [0.15, 0.2) is 11.5 Å². The second kappa shape index (κ2) is 10.3. The molecule has 1 aliphatic rings. The molecule has 0 radical (unpaired) electrons. The Morgan fingerprint density at radius 3 is 2.06 bits per heavy atom. The van der Waals surface area contributed by atoms with Crippen molar-refractivity contribution in [1.29, 1.82) is 5.26 Å². The zero-order valence-electron chi connectivity index (χ0n) is 20.7. The number of fused-ring (bicyclic) bond motifs is 3. The molecule has 0 saturated heterocycles. The van der Waals surface area contributed by atoms with E-state index in [1.54, 1.807) is 14.2 Å². The van der Waals surface area contributed by atoms with Gasteiger partial charge in [-0.2, -0.15) is 5.26 Å². The lowest BCUT2D eigenvalue weighted by molar-refractivity contribution is 0.266. The molecule has 4 nitrogen and oxygen atoms in total. The van der Waals surface area contributed by atoms with Crippen LogP contribution < -0.4 is 9.47 Å². The predicted molar refractivity (Wildman–Crippen MR) is 137 cm³/mol. The van der Waals surface area contributed by atoms with Gasteiger partial charge in [-0.05, 0) is 72.8 Å². The van der Waals surface area contributed by atoms with Crippen molar-refractivity contribution in [2.24, 2.45) is 0 Å².